The number of aliphatic hydroxyl groups is 1. The fourth-order valence-electron chi connectivity index (χ4n) is 1.96. The second-order valence-electron chi connectivity index (χ2n) is 4.20. The molecule has 0 fully saturated rings. The molecule has 0 bridgehead atoms. The first-order chi connectivity index (χ1) is 9.06. The highest BCUT2D eigenvalue weighted by Gasteiger charge is 2.16. The Morgan fingerprint density at radius 1 is 1.26 bits per heavy atom. The standard InChI is InChI=1S/C13H10BrNO4/c1-15-8-3-2-7(6-10(8)19-13(15)17)12(16)9-4-5-11(14)18-9/h2-6,12,16H,1H3. The van der Waals surface area contributed by atoms with Crippen LogP contribution >= 0.6 is 15.9 Å². The number of aromatic nitrogens is 1. The number of benzene rings is 1. The lowest BCUT2D eigenvalue weighted by Crippen LogP contribution is -2.08. The fraction of sp³-hybridized carbons (Fsp3) is 0.154. The largest absolute Gasteiger partial charge is 0.451 e. The molecule has 0 amide bonds. The minimum Gasteiger partial charge on any atom is -0.451 e. The number of halogens is 1. The van der Waals surface area contributed by atoms with Crippen LogP contribution in [0.4, 0.5) is 0 Å². The lowest BCUT2D eigenvalue weighted by molar-refractivity contribution is 0.187. The maximum absolute atomic E-state index is 11.4. The summed E-state index contributed by atoms with van der Waals surface area (Å²) in [5, 5.41) is 10.2. The molecule has 0 aliphatic heterocycles. The Bertz CT molecular complexity index is 798. The first-order valence-corrected chi connectivity index (χ1v) is 6.38. The van der Waals surface area contributed by atoms with Crippen molar-refractivity contribution in [2.24, 2.45) is 7.05 Å². The van der Waals surface area contributed by atoms with Gasteiger partial charge in [0.15, 0.2) is 10.3 Å². The van der Waals surface area contributed by atoms with E-state index in [0.717, 1.165) is 0 Å². The van der Waals surface area contributed by atoms with E-state index in [1.54, 1.807) is 37.4 Å². The first kappa shape index (κ1) is 12.3. The van der Waals surface area contributed by atoms with Crippen LogP contribution in [0.15, 0.2) is 48.6 Å². The highest BCUT2D eigenvalue weighted by molar-refractivity contribution is 9.10. The molecular formula is C13H10BrNO4. The molecule has 1 atom stereocenters. The van der Waals surface area contributed by atoms with Gasteiger partial charge in [0, 0.05) is 7.05 Å². The van der Waals surface area contributed by atoms with Crippen molar-refractivity contribution in [2.75, 3.05) is 0 Å². The van der Waals surface area contributed by atoms with E-state index in [2.05, 4.69) is 15.9 Å². The Morgan fingerprint density at radius 2 is 2.05 bits per heavy atom. The molecule has 1 unspecified atom stereocenters. The molecule has 2 heterocycles. The zero-order valence-electron chi connectivity index (χ0n) is 9.96. The summed E-state index contributed by atoms with van der Waals surface area (Å²) in [6, 6.07) is 8.49. The molecule has 19 heavy (non-hydrogen) atoms. The van der Waals surface area contributed by atoms with Crippen LogP contribution in [-0.2, 0) is 7.05 Å². The molecule has 98 valence electrons. The quantitative estimate of drug-likeness (QED) is 0.787. The van der Waals surface area contributed by atoms with Crippen molar-refractivity contribution in [3.8, 4) is 0 Å². The van der Waals surface area contributed by atoms with Gasteiger partial charge in [-0.2, -0.15) is 0 Å². The van der Waals surface area contributed by atoms with Gasteiger partial charge in [-0.3, -0.25) is 4.57 Å². The second kappa shape index (κ2) is 4.40. The average Bonchev–Trinajstić information content (AvgIpc) is 2.94. The molecule has 0 saturated heterocycles. The molecule has 0 aliphatic rings. The molecule has 2 aromatic heterocycles. The Kier molecular flexibility index (Phi) is 2.83. The minimum atomic E-state index is -0.902. The van der Waals surface area contributed by atoms with Crippen LogP contribution in [-0.4, -0.2) is 9.67 Å². The van der Waals surface area contributed by atoms with Gasteiger partial charge in [0.25, 0.3) is 0 Å². The van der Waals surface area contributed by atoms with E-state index in [0.29, 0.717) is 27.1 Å². The molecular weight excluding hydrogens is 314 g/mol. The Hall–Kier alpha value is -1.79. The lowest BCUT2D eigenvalue weighted by Gasteiger charge is -2.07. The monoisotopic (exact) mass is 323 g/mol. The lowest BCUT2D eigenvalue weighted by atomic mass is 10.1. The van der Waals surface area contributed by atoms with Gasteiger partial charge in [-0.05, 0) is 45.8 Å². The van der Waals surface area contributed by atoms with E-state index in [-0.39, 0.29) is 0 Å². The van der Waals surface area contributed by atoms with Gasteiger partial charge in [0.2, 0.25) is 0 Å². The molecule has 1 aromatic carbocycles. The van der Waals surface area contributed by atoms with Crippen LogP contribution < -0.4 is 5.76 Å². The third-order valence-electron chi connectivity index (χ3n) is 3.00. The van der Waals surface area contributed by atoms with Gasteiger partial charge in [-0.25, -0.2) is 4.79 Å². The van der Waals surface area contributed by atoms with E-state index in [1.807, 2.05) is 0 Å². The number of fused-ring (bicyclic) bond motifs is 1. The highest BCUT2D eigenvalue weighted by Crippen LogP contribution is 2.27. The number of oxazole rings is 1. The van der Waals surface area contributed by atoms with E-state index in [1.165, 1.54) is 4.57 Å². The minimum absolute atomic E-state index is 0.421. The van der Waals surface area contributed by atoms with Gasteiger partial charge in [-0.1, -0.05) is 6.07 Å². The summed E-state index contributed by atoms with van der Waals surface area (Å²) in [6.45, 7) is 0. The molecule has 5 nitrogen and oxygen atoms in total. The third kappa shape index (κ3) is 2.02. The molecule has 3 aromatic rings. The molecule has 0 saturated carbocycles. The molecule has 6 heteroatoms. The fourth-order valence-corrected chi connectivity index (χ4v) is 2.28. The van der Waals surface area contributed by atoms with Crippen LogP contribution in [0.1, 0.15) is 17.4 Å². The summed E-state index contributed by atoms with van der Waals surface area (Å²) in [7, 11) is 1.63. The van der Waals surface area contributed by atoms with Crippen molar-refractivity contribution in [3.63, 3.8) is 0 Å². The molecule has 0 spiro atoms. The van der Waals surface area contributed by atoms with Crippen molar-refractivity contribution >= 4 is 27.0 Å². The summed E-state index contributed by atoms with van der Waals surface area (Å²) >= 11 is 3.18. The van der Waals surface area contributed by atoms with Gasteiger partial charge in [0.05, 0.1) is 5.52 Å². The maximum atomic E-state index is 11.4. The number of hydrogen-bond donors (Lipinski definition) is 1. The number of furan rings is 1. The van der Waals surface area contributed by atoms with Crippen molar-refractivity contribution < 1.29 is 13.9 Å². The summed E-state index contributed by atoms with van der Waals surface area (Å²) < 4.78 is 12.4. The number of nitrogens with zero attached hydrogens (tertiary/aromatic N) is 1. The molecule has 0 radical (unpaired) electrons. The summed E-state index contributed by atoms with van der Waals surface area (Å²) in [6.07, 6.45) is -0.902. The Balaban J connectivity index is 2.08. The summed E-state index contributed by atoms with van der Waals surface area (Å²) in [5.74, 6) is -0.00751. The number of aryl methyl sites for hydroxylation is 1. The van der Waals surface area contributed by atoms with Gasteiger partial charge in [-0.15, -0.1) is 0 Å². The Labute approximate surface area is 116 Å². The van der Waals surface area contributed by atoms with E-state index < -0.39 is 11.9 Å². The SMILES string of the molecule is Cn1c(=O)oc2cc(C(O)c3ccc(Br)o3)ccc21. The van der Waals surface area contributed by atoms with Gasteiger partial charge in [0.1, 0.15) is 11.9 Å². The molecule has 3 rings (SSSR count). The van der Waals surface area contributed by atoms with E-state index >= 15 is 0 Å². The zero-order chi connectivity index (χ0) is 13.6. The highest BCUT2D eigenvalue weighted by atomic mass is 79.9. The van der Waals surface area contributed by atoms with Crippen molar-refractivity contribution in [1.29, 1.82) is 0 Å². The van der Waals surface area contributed by atoms with Gasteiger partial charge < -0.3 is 13.9 Å². The summed E-state index contributed by atoms with van der Waals surface area (Å²) in [5.41, 5.74) is 1.72. The molecule has 1 N–H and O–H groups in total. The predicted molar refractivity (Wildman–Crippen MR) is 71.9 cm³/mol. The van der Waals surface area contributed by atoms with E-state index in [9.17, 15) is 9.90 Å². The summed E-state index contributed by atoms with van der Waals surface area (Å²) in [4.78, 5) is 11.4. The van der Waals surface area contributed by atoms with Crippen LogP contribution in [0.3, 0.4) is 0 Å². The van der Waals surface area contributed by atoms with Crippen LogP contribution in [0.2, 0.25) is 0 Å². The second-order valence-corrected chi connectivity index (χ2v) is 4.98. The number of aliphatic hydroxyl groups excluding tert-OH is 1. The Morgan fingerprint density at radius 3 is 2.74 bits per heavy atom. The topological polar surface area (TPSA) is 68.5 Å². The van der Waals surface area contributed by atoms with E-state index in [4.69, 9.17) is 8.83 Å². The number of rotatable bonds is 2. The van der Waals surface area contributed by atoms with Crippen molar-refractivity contribution in [2.45, 2.75) is 6.10 Å². The maximum Gasteiger partial charge on any atom is 0.419 e. The third-order valence-corrected chi connectivity index (χ3v) is 3.42. The molecule has 0 aliphatic carbocycles. The van der Waals surface area contributed by atoms with Crippen LogP contribution in [0, 0.1) is 0 Å². The zero-order valence-corrected chi connectivity index (χ0v) is 11.5. The smallest absolute Gasteiger partial charge is 0.419 e. The number of hydrogen-bond acceptors (Lipinski definition) is 4. The average molecular weight is 324 g/mol. The van der Waals surface area contributed by atoms with Crippen LogP contribution in [0.25, 0.3) is 11.1 Å². The van der Waals surface area contributed by atoms with Crippen molar-refractivity contribution in [1.82, 2.24) is 4.57 Å². The predicted octanol–water partition coefficient (Wildman–Crippen LogP) is 2.57. The van der Waals surface area contributed by atoms with Crippen molar-refractivity contribution in [3.05, 3.63) is 56.9 Å². The van der Waals surface area contributed by atoms with Gasteiger partial charge >= 0.3 is 5.76 Å². The first-order valence-electron chi connectivity index (χ1n) is 5.59. The van der Waals surface area contributed by atoms with Crippen LogP contribution in [0.5, 0.6) is 0 Å². The normalized spacial score (nSPS) is 13.0.